The molecule has 0 saturated carbocycles. The number of fused-ring (bicyclic) bond motifs is 2. The summed E-state index contributed by atoms with van der Waals surface area (Å²) in [6, 6.07) is 18.2. The van der Waals surface area contributed by atoms with Crippen LogP contribution in [0.25, 0.3) is 0 Å². The molecule has 0 amide bonds. The highest BCUT2D eigenvalue weighted by Gasteiger charge is 2.31. The van der Waals surface area contributed by atoms with Gasteiger partial charge in [-0.15, -0.1) is 0 Å². The van der Waals surface area contributed by atoms with E-state index in [1.807, 2.05) is 12.1 Å². The number of para-hydroxylation sites is 1. The summed E-state index contributed by atoms with van der Waals surface area (Å²) in [5.74, 6) is -0.329. The van der Waals surface area contributed by atoms with Crippen LogP contribution in [0, 0.1) is 0 Å². The molecular formula is C25H21NO6S. The molecule has 0 spiro atoms. The van der Waals surface area contributed by atoms with Gasteiger partial charge in [-0.25, -0.2) is 13.2 Å². The molecule has 2 heterocycles. The predicted molar refractivity (Wildman–Crippen MR) is 121 cm³/mol. The van der Waals surface area contributed by atoms with Crippen molar-refractivity contribution in [3.8, 4) is 5.75 Å². The largest absolute Gasteiger partial charge is 0.493 e. The first-order valence-corrected chi connectivity index (χ1v) is 12.0. The van der Waals surface area contributed by atoms with E-state index in [-0.39, 0.29) is 16.2 Å². The van der Waals surface area contributed by atoms with E-state index in [4.69, 9.17) is 9.47 Å². The van der Waals surface area contributed by atoms with Crippen molar-refractivity contribution < 1.29 is 27.5 Å². The number of sulfonamides is 1. The summed E-state index contributed by atoms with van der Waals surface area (Å²) in [6.45, 7) is 0.496. The Morgan fingerprint density at radius 1 is 0.909 bits per heavy atom. The molecule has 2 aliphatic rings. The second-order valence-electron chi connectivity index (χ2n) is 7.90. The molecule has 0 aromatic heterocycles. The minimum absolute atomic E-state index is 0.00129. The van der Waals surface area contributed by atoms with Crippen molar-refractivity contribution in [2.75, 3.05) is 24.1 Å². The fourth-order valence-electron chi connectivity index (χ4n) is 4.13. The molecule has 0 bridgehead atoms. The molecule has 0 radical (unpaired) electrons. The van der Waals surface area contributed by atoms with E-state index in [2.05, 4.69) is 0 Å². The van der Waals surface area contributed by atoms with Crippen LogP contribution >= 0.6 is 0 Å². The van der Waals surface area contributed by atoms with Gasteiger partial charge in [0.25, 0.3) is 10.0 Å². The van der Waals surface area contributed by atoms with Crippen molar-refractivity contribution in [3.05, 3.63) is 89.0 Å². The number of ketones is 1. The Kier molecular flexibility index (Phi) is 5.38. The number of benzene rings is 3. The van der Waals surface area contributed by atoms with Crippen molar-refractivity contribution in [1.29, 1.82) is 0 Å². The Bertz CT molecular complexity index is 1360. The molecule has 8 heteroatoms. The summed E-state index contributed by atoms with van der Waals surface area (Å²) in [5, 5.41) is 0. The lowest BCUT2D eigenvalue weighted by molar-refractivity contribution is 0.0474. The fourth-order valence-corrected chi connectivity index (χ4v) is 5.68. The molecule has 33 heavy (non-hydrogen) atoms. The van der Waals surface area contributed by atoms with E-state index >= 15 is 0 Å². The van der Waals surface area contributed by atoms with Gasteiger partial charge in [0, 0.05) is 18.5 Å². The third-order valence-electron chi connectivity index (χ3n) is 5.85. The number of rotatable bonds is 6. The second-order valence-corrected chi connectivity index (χ2v) is 9.77. The van der Waals surface area contributed by atoms with E-state index in [1.54, 1.807) is 30.3 Å². The summed E-state index contributed by atoms with van der Waals surface area (Å²) in [6.07, 6.45) is 1.37. The summed E-state index contributed by atoms with van der Waals surface area (Å²) in [5.41, 5.74) is 3.08. The third-order valence-corrected chi connectivity index (χ3v) is 7.66. The van der Waals surface area contributed by atoms with Gasteiger partial charge in [0.2, 0.25) is 0 Å². The number of nitrogens with zero attached hydrogens (tertiary/aromatic N) is 1. The van der Waals surface area contributed by atoms with Crippen LogP contribution in [0.1, 0.15) is 31.8 Å². The third kappa shape index (κ3) is 3.98. The molecule has 0 saturated heterocycles. The van der Waals surface area contributed by atoms with E-state index in [9.17, 15) is 18.0 Å². The van der Waals surface area contributed by atoms with Gasteiger partial charge in [0.05, 0.1) is 22.8 Å². The number of hydrogen-bond donors (Lipinski definition) is 0. The van der Waals surface area contributed by atoms with Crippen molar-refractivity contribution in [2.24, 2.45) is 0 Å². The van der Waals surface area contributed by atoms with Gasteiger partial charge in [0.15, 0.2) is 12.4 Å². The summed E-state index contributed by atoms with van der Waals surface area (Å²) < 4.78 is 38.4. The maximum absolute atomic E-state index is 13.2. The average molecular weight is 464 g/mol. The molecule has 0 fully saturated rings. The Morgan fingerprint density at radius 2 is 1.76 bits per heavy atom. The zero-order valence-electron chi connectivity index (χ0n) is 17.7. The van der Waals surface area contributed by atoms with Crippen LogP contribution in [0.2, 0.25) is 0 Å². The van der Waals surface area contributed by atoms with Gasteiger partial charge in [-0.05, 0) is 60.0 Å². The lowest BCUT2D eigenvalue weighted by Crippen LogP contribution is -2.29. The summed E-state index contributed by atoms with van der Waals surface area (Å²) in [7, 11) is -3.84. The Labute approximate surface area is 191 Å². The van der Waals surface area contributed by atoms with Crippen LogP contribution in [0.15, 0.2) is 71.6 Å². The Balaban J connectivity index is 1.30. The van der Waals surface area contributed by atoms with Gasteiger partial charge < -0.3 is 9.47 Å². The van der Waals surface area contributed by atoms with Crippen LogP contribution in [0.4, 0.5) is 5.69 Å². The summed E-state index contributed by atoms with van der Waals surface area (Å²) in [4.78, 5) is 25.0. The smallest absolute Gasteiger partial charge is 0.338 e. The topological polar surface area (TPSA) is 90.0 Å². The predicted octanol–water partition coefficient (Wildman–Crippen LogP) is 3.41. The van der Waals surface area contributed by atoms with E-state index in [1.165, 1.54) is 28.6 Å². The molecule has 3 aromatic carbocycles. The number of carbonyl (C=O) groups excluding carboxylic acids is 2. The van der Waals surface area contributed by atoms with Gasteiger partial charge in [-0.3, -0.25) is 9.10 Å². The first kappa shape index (κ1) is 21.2. The number of anilines is 1. The van der Waals surface area contributed by atoms with Crippen LogP contribution in [-0.2, 0) is 27.6 Å². The monoisotopic (exact) mass is 463 g/mol. The first-order chi connectivity index (χ1) is 15.9. The standard InChI is InChI=1S/C25H21NO6S/c27-23(18-8-9-24-19(14-18)11-13-31-24)16-32-25(28)20-5-3-6-21(15-20)33(29,30)26-12-10-17-4-1-2-7-22(17)26/h1-9,14-15H,10-13,16H2. The minimum Gasteiger partial charge on any atom is -0.493 e. The van der Waals surface area contributed by atoms with Crippen molar-refractivity contribution >= 4 is 27.5 Å². The van der Waals surface area contributed by atoms with Gasteiger partial charge in [-0.1, -0.05) is 24.3 Å². The molecule has 3 aromatic rings. The highest BCUT2D eigenvalue weighted by molar-refractivity contribution is 7.92. The molecular weight excluding hydrogens is 442 g/mol. The quantitative estimate of drug-likeness (QED) is 0.411. The number of Topliss-reactive ketones (excluding diaryl/α,β-unsaturated/α-hetero) is 1. The zero-order chi connectivity index (χ0) is 23.0. The lowest BCUT2D eigenvalue weighted by atomic mass is 10.1. The highest BCUT2D eigenvalue weighted by Crippen LogP contribution is 2.33. The maximum atomic E-state index is 13.2. The summed E-state index contributed by atoms with van der Waals surface area (Å²) >= 11 is 0. The molecule has 5 rings (SSSR count). The first-order valence-electron chi connectivity index (χ1n) is 10.6. The van der Waals surface area contributed by atoms with Crippen molar-refractivity contribution in [3.63, 3.8) is 0 Å². The Morgan fingerprint density at radius 3 is 2.64 bits per heavy atom. The van der Waals surface area contributed by atoms with Crippen LogP contribution < -0.4 is 9.04 Å². The van der Waals surface area contributed by atoms with E-state index in [0.717, 1.165) is 23.3 Å². The number of esters is 1. The van der Waals surface area contributed by atoms with Gasteiger partial charge in [-0.2, -0.15) is 0 Å². The molecule has 0 aliphatic carbocycles. The molecule has 168 valence electrons. The highest BCUT2D eigenvalue weighted by atomic mass is 32.2. The van der Waals surface area contributed by atoms with E-state index < -0.39 is 22.6 Å². The average Bonchev–Trinajstić information content (AvgIpc) is 3.49. The van der Waals surface area contributed by atoms with Crippen molar-refractivity contribution in [2.45, 2.75) is 17.7 Å². The maximum Gasteiger partial charge on any atom is 0.338 e. The van der Waals surface area contributed by atoms with E-state index in [0.29, 0.717) is 30.8 Å². The number of ether oxygens (including phenoxy) is 2. The molecule has 0 atom stereocenters. The number of hydrogen-bond acceptors (Lipinski definition) is 6. The van der Waals surface area contributed by atoms with Crippen LogP contribution in [-0.4, -0.2) is 39.9 Å². The van der Waals surface area contributed by atoms with Crippen molar-refractivity contribution in [1.82, 2.24) is 0 Å². The second kappa shape index (κ2) is 8.37. The Hall–Kier alpha value is -3.65. The van der Waals surface area contributed by atoms with Crippen LogP contribution in [0.3, 0.4) is 0 Å². The molecule has 2 aliphatic heterocycles. The SMILES string of the molecule is O=C(COC(=O)c1cccc(S(=O)(=O)N2CCc3ccccc32)c1)c1ccc2c(c1)CCO2. The fraction of sp³-hybridized carbons (Fsp3) is 0.200. The molecule has 7 nitrogen and oxygen atoms in total. The van der Waals surface area contributed by atoms with Gasteiger partial charge >= 0.3 is 5.97 Å². The van der Waals surface area contributed by atoms with Gasteiger partial charge in [0.1, 0.15) is 5.75 Å². The lowest BCUT2D eigenvalue weighted by Gasteiger charge is -2.19. The van der Waals surface area contributed by atoms with Crippen LogP contribution in [0.5, 0.6) is 5.75 Å². The minimum atomic E-state index is -3.84. The molecule has 0 N–H and O–H groups in total. The number of carbonyl (C=O) groups is 2. The normalized spacial score (nSPS) is 14.4. The zero-order valence-corrected chi connectivity index (χ0v) is 18.5. The molecule has 0 unspecified atom stereocenters.